The van der Waals surface area contributed by atoms with Gasteiger partial charge in [-0.05, 0) is 48.0 Å². The van der Waals surface area contributed by atoms with E-state index in [1.54, 1.807) is 42.5 Å². The molecule has 0 saturated carbocycles. The van der Waals surface area contributed by atoms with Crippen LogP contribution in [-0.4, -0.2) is 46.5 Å². The van der Waals surface area contributed by atoms with E-state index in [0.717, 1.165) is 0 Å². The van der Waals surface area contributed by atoms with Crippen LogP contribution in [0.25, 0.3) is 0 Å². The third-order valence-corrected chi connectivity index (χ3v) is 5.12. The second-order valence-electron chi connectivity index (χ2n) is 6.89. The topological polar surface area (TPSA) is 105 Å². The maximum Gasteiger partial charge on any atom is 0.345 e. The summed E-state index contributed by atoms with van der Waals surface area (Å²) in [5.74, 6) is 0.449. The van der Waals surface area contributed by atoms with Crippen LogP contribution in [0.4, 0.5) is 0 Å². The van der Waals surface area contributed by atoms with Crippen molar-refractivity contribution >= 4 is 29.7 Å². The van der Waals surface area contributed by atoms with Gasteiger partial charge in [-0.3, -0.25) is 4.79 Å². The molecule has 10 heteroatoms. The Morgan fingerprint density at radius 2 is 1.49 bits per heavy atom. The Kier molecular flexibility index (Phi) is 8.53. The Hall–Kier alpha value is -4.24. The number of nitrogens with one attached hydrogen (secondary N) is 1. The lowest BCUT2D eigenvalue weighted by Crippen LogP contribution is -2.18. The van der Waals surface area contributed by atoms with Crippen LogP contribution in [0.3, 0.4) is 0 Å². The number of esters is 1. The lowest BCUT2D eigenvalue weighted by molar-refractivity contribution is 0.0729. The summed E-state index contributed by atoms with van der Waals surface area (Å²) in [6.07, 6.45) is 1.41. The minimum absolute atomic E-state index is 0.205. The van der Waals surface area contributed by atoms with Crippen LogP contribution in [0, 0.1) is 0 Å². The summed E-state index contributed by atoms with van der Waals surface area (Å²) in [6, 6.07) is 14.4. The average molecular weight is 499 g/mol. The second kappa shape index (κ2) is 11.8. The molecular formula is C25H23ClN2O7. The second-order valence-corrected chi connectivity index (χ2v) is 7.30. The Morgan fingerprint density at radius 3 is 2.09 bits per heavy atom. The van der Waals surface area contributed by atoms with Crippen molar-refractivity contribution < 1.29 is 33.3 Å². The first-order chi connectivity index (χ1) is 16.9. The largest absolute Gasteiger partial charge is 0.493 e. The monoisotopic (exact) mass is 498 g/mol. The van der Waals surface area contributed by atoms with Crippen LogP contribution in [0.2, 0.25) is 5.02 Å². The quantitative estimate of drug-likeness (QED) is 0.202. The van der Waals surface area contributed by atoms with E-state index in [4.69, 9.17) is 35.3 Å². The van der Waals surface area contributed by atoms with Gasteiger partial charge in [0, 0.05) is 5.56 Å². The molecule has 0 unspecified atom stereocenters. The molecule has 0 bridgehead atoms. The van der Waals surface area contributed by atoms with E-state index in [1.165, 1.54) is 46.8 Å². The standard InChI is InChI=1S/C25H23ClN2O7/c1-31-20-11-15(9-10-19(20)35-25(30)17-7-5-6-8-18(17)26)14-27-28-24(29)16-12-21(32-2)23(34-4)22(13-16)33-3/h5-14H,1-4H3,(H,28,29)/b27-14-. The molecule has 0 aromatic heterocycles. The molecule has 182 valence electrons. The number of hydrogen-bond donors (Lipinski definition) is 1. The summed E-state index contributed by atoms with van der Waals surface area (Å²) in [4.78, 5) is 25.0. The van der Waals surface area contributed by atoms with Gasteiger partial charge in [-0.1, -0.05) is 23.7 Å². The predicted octanol–water partition coefficient (Wildman–Crippen LogP) is 4.36. The molecule has 3 aromatic carbocycles. The number of rotatable bonds is 9. The normalized spacial score (nSPS) is 10.5. The highest BCUT2D eigenvalue weighted by Crippen LogP contribution is 2.38. The van der Waals surface area contributed by atoms with Crippen LogP contribution in [0.15, 0.2) is 59.7 Å². The highest BCUT2D eigenvalue weighted by atomic mass is 35.5. The van der Waals surface area contributed by atoms with E-state index >= 15 is 0 Å². The summed E-state index contributed by atoms with van der Waals surface area (Å²) in [6.45, 7) is 0. The summed E-state index contributed by atoms with van der Waals surface area (Å²) in [5.41, 5.74) is 3.52. The third-order valence-electron chi connectivity index (χ3n) is 4.79. The smallest absolute Gasteiger partial charge is 0.345 e. The number of benzene rings is 3. The van der Waals surface area contributed by atoms with E-state index in [9.17, 15) is 9.59 Å². The van der Waals surface area contributed by atoms with Gasteiger partial charge >= 0.3 is 5.97 Å². The van der Waals surface area contributed by atoms with Crippen molar-refractivity contribution in [3.63, 3.8) is 0 Å². The van der Waals surface area contributed by atoms with Crippen molar-refractivity contribution in [2.75, 3.05) is 28.4 Å². The number of nitrogens with zero attached hydrogens (tertiary/aromatic N) is 1. The molecule has 0 atom stereocenters. The van der Waals surface area contributed by atoms with E-state index in [-0.39, 0.29) is 21.9 Å². The van der Waals surface area contributed by atoms with Gasteiger partial charge in [0.15, 0.2) is 23.0 Å². The van der Waals surface area contributed by atoms with Gasteiger partial charge in [0.25, 0.3) is 5.91 Å². The zero-order chi connectivity index (χ0) is 25.4. The molecule has 1 amide bonds. The highest BCUT2D eigenvalue weighted by Gasteiger charge is 2.17. The van der Waals surface area contributed by atoms with Gasteiger partial charge in [0.2, 0.25) is 5.75 Å². The number of carbonyl (C=O) groups excluding carboxylic acids is 2. The number of halogens is 1. The van der Waals surface area contributed by atoms with Crippen molar-refractivity contribution in [2.24, 2.45) is 5.10 Å². The fourth-order valence-corrected chi connectivity index (χ4v) is 3.29. The molecular weight excluding hydrogens is 476 g/mol. The van der Waals surface area contributed by atoms with Crippen molar-refractivity contribution in [2.45, 2.75) is 0 Å². The first-order valence-corrected chi connectivity index (χ1v) is 10.6. The van der Waals surface area contributed by atoms with Gasteiger partial charge in [-0.15, -0.1) is 0 Å². The Labute approximate surface area is 207 Å². The molecule has 1 N–H and O–H groups in total. The molecule has 0 spiro atoms. The van der Waals surface area contributed by atoms with Crippen molar-refractivity contribution in [1.82, 2.24) is 5.43 Å². The third kappa shape index (κ3) is 6.01. The lowest BCUT2D eigenvalue weighted by atomic mass is 10.1. The summed E-state index contributed by atoms with van der Waals surface area (Å²) < 4.78 is 26.5. The minimum atomic E-state index is -0.618. The summed E-state index contributed by atoms with van der Waals surface area (Å²) in [5, 5.41) is 4.26. The van der Waals surface area contributed by atoms with Crippen LogP contribution < -0.4 is 29.1 Å². The van der Waals surface area contributed by atoms with E-state index in [2.05, 4.69) is 10.5 Å². The molecule has 9 nitrogen and oxygen atoms in total. The van der Waals surface area contributed by atoms with E-state index < -0.39 is 11.9 Å². The van der Waals surface area contributed by atoms with Gasteiger partial charge in [0.05, 0.1) is 45.2 Å². The molecule has 3 rings (SSSR count). The van der Waals surface area contributed by atoms with Crippen LogP contribution in [-0.2, 0) is 0 Å². The van der Waals surface area contributed by atoms with Gasteiger partial charge in [0.1, 0.15) is 0 Å². The fourth-order valence-electron chi connectivity index (χ4n) is 3.07. The van der Waals surface area contributed by atoms with Gasteiger partial charge in [-0.2, -0.15) is 5.10 Å². The molecule has 0 radical (unpaired) electrons. The average Bonchev–Trinajstić information content (AvgIpc) is 2.88. The number of ether oxygens (including phenoxy) is 5. The number of amides is 1. The predicted molar refractivity (Wildman–Crippen MR) is 131 cm³/mol. The number of methoxy groups -OCH3 is 4. The Bertz CT molecular complexity index is 1240. The summed E-state index contributed by atoms with van der Waals surface area (Å²) >= 11 is 6.06. The highest BCUT2D eigenvalue weighted by molar-refractivity contribution is 6.33. The molecule has 0 aliphatic rings. The molecule has 35 heavy (non-hydrogen) atoms. The Balaban J connectivity index is 1.72. The zero-order valence-corrected chi connectivity index (χ0v) is 20.2. The van der Waals surface area contributed by atoms with Crippen LogP contribution >= 0.6 is 11.6 Å². The maximum atomic E-state index is 12.6. The van der Waals surface area contributed by atoms with Crippen molar-refractivity contribution in [3.8, 4) is 28.7 Å². The van der Waals surface area contributed by atoms with Crippen molar-refractivity contribution in [1.29, 1.82) is 0 Å². The number of carbonyl (C=O) groups is 2. The first kappa shape index (κ1) is 25.4. The SMILES string of the molecule is COc1cc(/C=N\NC(=O)c2cc(OC)c(OC)c(OC)c2)ccc1OC(=O)c1ccccc1Cl. The molecule has 3 aromatic rings. The van der Waals surface area contributed by atoms with Gasteiger partial charge in [-0.25, -0.2) is 10.2 Å². The molecule has 0 saturated heterocycles. The molecule has 0 heterocycles. The maximum absolute atomic E-state index is 12.6. The lowest BCUT2D eigenvalue weighted by Gasteiger charge is -2.13. The number of hydrogen-bond acceptors (Lipinski definition) is 8. The van der Waals surface area contributed by atoms with E-state index in [0.29, 0.717) is 28.6 Å². The van der Waals surface area contributed by atoms with E-state index in [1.807, 2.05) is 0 Å². The minimum Gasteiger partial charge on any atom is -0.493 e. The number of hydrazone groups is 1. The summed E-state index contributed by atoms with van der Waals surface area (Å²) in [7, 11) is 5.83. The Morgan fingerprint density at radius 1 is 0.829 bits per heavy atom. The fraction of sp³-hybridized carbons (Fsp3) is 0.160. The molecule has 0 aliphatic heterocycles. The molecule has 0 aliphatic carbocycles. The molecule has 0 fully saturated rings. The van der Waals surface area contributed by atoms with Crippen molar-refractivity contribution in [3.05, 3.63) is 76.3 Å². The zero-order valence-electron chi connectivity index (χ0n) is 19.5. The van der Waals surface area contributed by atoms with Crippen LogP contribution in [0.5, 0.6) is 28.7 Å². The van der Waals surface area contributed by atoms with Crippen LogP contribution in [0.1, 0.15) is 26.3 Å². The first-order valence-electron chi connectivity index (χ1n) is 10.2. The van der Waals surface area contributed by atoms with Gasteiger partial charge < -0.3 is 23.7 Å².